The van der Waals surface area contributed by atoms with Crippen molar-refractivity contribution in [2.24, 2.45) is 0 Å². The maximum absolute atomic E-state index is 5.37. The first kappa shape index (κ1) is 15.9. The van der Waals surface area contributed by atoms with Crippen LogP contribution in [-0.2, 0) is 0 Å². The van der Waals surface area contributed by atoms with E-state index in [1.807, 2.05) is 6.07 Å². The number of hydrogen-bond acceptors (Lipinski definition) is 4. The number of halogens is 1. The summed E-state index contributed by atoms with van der Waals surface area (Å²) in [6, 6.07) is 6.24. The second-order valence-corrected chi connectivity index (χ2v) is 5.75. The first-order valence-corrected chi connectivity index (χ1v) is 7.81. The number of aromatic nitrogens is 2. The predicted molar refractivity (Wildman–Crippen MR) is 87.6 cm³/mol. The number of aryl methyl sites for hydroxylation is 1. The Labute approximate surface area is 134 Å². The molecular formula is C16H20BrN3O. The zero-order valence-corrected chi connectivity index (χ0v) is 14.1. The molecule has 1 aromatic heterocycles. The standard InChI is InChI=1S/C16H20BrN3O/c1-4-7-18-14(13-6-5-12(17)10-11(13)2)15-16(21-3)20-9-8-19-15/h5-6,8-10,14,18H,4,7H2,1-3H3. The highest BCUT2D eigenvalue weighted by atomic mass is 79.9. The van der Waals surface area contributed by atoms with E-state index in [-0.39, 0.29) is 6.04 Å². The Kier molecular flexibility index (Phi) is 5.70. The van der Waals surface area contributed by atoms with Gasteiger partial charge in [-0.25, -0.2) is 4.98 Å². The highest BCUT2D eigenvalue weighted by Crippen LogP contribution is 2.29. The molecule has 0 bridgehead atoms. The SMILES string of the molecule is CCCNC(c1ccc(Br)cc1C)c1nccnc1OC. The van der Waals surface area contributed by atoms with Gasteiger partial charge < -0.3 is 10.1 Å². The smallest absolute Gasteiger partial charge is 0.237 e. The topological polar surface area (TPSA) is 47.0 Å². The lowest BCUT2D eigenvalue weighted by molar-refractivity contribution is 0.382. The summed E-state index contributed by atoms with van der Waals surface area (Å²) in [4.78, 5) is 8.75. The van der Waals surface area contributed by atoms with Gasteiger partial charge in [0.2, 0.25) is 5.88 Å². The third-order valence-electron chi connectivity index (χ3n) is 3.30. The lowest BCUT2D eigenvalue weighted by Crippen LogP contribution is -2.25. The van der Waals surface area contributed by atoms with Gasteiger partial charge >= 0.3 is 0 Å². The fourth-order valence-corrected chi connectivity index (χ4v) is 2.77. The average molecular weight is 350 g/mol. The molecule has 1 N–H and O–H groups in total. The van der Waals surface area contributed by atoms with Crippen LogP contribution in [0.4, 0.5) is 0 Å². The fourth-order valence-electron chi connectivity index (χ4n) is 2.30. The van der Waals surface area contributed by atoms with Gasteiger partial charge in [-0.3, -0.25) is 4.98 Å². The van der Waals surface area contributed by atoms with Crippen LogP contribution in [0.5, 0.6) is 5.88 Å². The van der Waals surface area contributed by atoms with Crippen LogP contribution in [0.2, 0.25) is 0 Å². The largest absolute Gasteiger partial charge is 0.480 e. The molecule has 112 valence electrons. The Balaban J connectivity index is 2.47. The van der Waals surface area contributed by atoms with Crippen molar-refractivity contribution >= 4 is 15.9 Å². The van der Waals surface area contributed by atoms with Crippen LogP contribution < -0.4 is 10.1 Å². The minimum absolute atomic E-state index is 0.0262. The molecule has 0 radical (unpaired) electrons. The zero-order valence-electron chi connectivity index (χ0n) is 12.6. The first-order chi connectivity index (χ1) is 10.2. The van der Waals surface area contributed by atoms with Crippen LogP contribution in [0.1, 0.15) is 36.2 Å². The summed E-state index contributed by atoms with van der Waals surface area (Å²) >= 11 is 3.51. The van der Waals surface area contributed by atoms with E-state index in [2.05, 4.69) is 57.2 Å². The van der Waals surface area contributed by atoms with Gasteiger partial charge in [0.15, 0.2) is 0 Å². The van der Waals surface area contributed by atoms with Crippen LogP contribution in [0.15, 0.2) is 35.1 Å². The van der Waals surface area contributed by atoms with Crippen molar-refractivity contribution in [3.63, 3.8) is 0 Å². The maximum Gasteiger partial charge on any atom is 0.237 e. The van der Waals surface area contributed by atoms with Crippen molar-refractivity contribution in [1.82, 2.24) is 15.3 Å². The zero-order chi connectivity index (χ0) is 15.2. The second-order valence-electron chi connectivity index (χ2n) is 4.84. The molecule has 1 heterocycles. The number of rotatable bonds is 6. The molecule has 2 aromatic rings. The number of nitrogens with zero attached hydrogens (tertiary/aromatic N) is 2. The molecule has 1 unspecified atom stereocenters. The molecule has 0 saturated heterocycles. The van der Waals surface area contributed by atoms with Crippen molar-refractivity contribution < 1.29 is 4.74 Å². The van der Waals surface area contributed by atoms with Gasteiger partial charge in [0.25, 0.3) is 0 Å². The Morgan fingerprint density at radius 2 is 2.05 bits per heavy atom. The van der Waals surface area contributed by atoms with Crippen LogP contribution >= 0.6 is 15.9 Å². The van der Waals surface area contributed by atoms with Crippen LogP contribution in [-0.4, -0.2) is 23.6 Å². The van der Waals surface area contributed by atoms with Crippen LogP contribution in [0, 0.1) is 6.92 Å². The van der Waals surface area contributed by atoms with Crippen LogP contribution in [0.25, 0.3) is 0 Å². The Hall–Kier alpha value is -1.46. The fraction of sp³-hybridized carbons (Fsp3) is 0.375. The van der Waals surface area contributed by atoms with Gasteiger partial charge in [0.1, 0.15) is 5.69 Å². The van der Waals surface area contributed by atoms with E-state index >= 15 is 0 Å². The molecule has 0 spiro atoms. The van der Waals surface area contributed by atoms with Gasteiger partial charge in [-0.2, -0.15) is 0 Å². The third kappa shape index (κ3) is 3.80. The summed E-state index contributed by atoms with van der Waals surface area (Å²) in [5.41, 5.74) is 3.20. The Bertz CT molecular complexity index is 604. The lowest BCUT2D eigenvalue weighted by Gasteiger charge is -2.21. The highest BCUT2D eigenvalue weighted by Gasteiger charge is 2.21. The Morgan fingerprint density at radius 3 is 2.71 bits per heavy atom. The number of benzene rings is 1. The predicted octanol–water partition coefficient (Wildman–Crippen LogP) is 3.65. The second kappa shape index (κ2) is 7.52. The molecule has 5 heteroatoms. The maximum atomic E-state index is 5.37. The molecule has 4 nitrogen and oxygen atoms in total. The lowest BCUT2D eigenvalue weighted by atomic mass is 9.98. The molecule has 0 aliphatic carbocycles. The van der Waals surface area contributed by atoms with E-state index in [9.17, 15) is 0 Å². The summed E-state index contributed by atoms with van der Waals surface area (Å²) < 4.78 is 6.44. The number of ether oxygens (including phenoxy) is 1. The van der Waals surface area contributed by atoms with Gasteiger partial charge in [-0.05, 0) is 43.1 Å². The molecule has 1 atom stereocenters. The molecular weight excluding hydrogens is 330 g/mol. The quantitative estimate of drug-likeness (QED) is 0.864. The van der Waals surface area contributed by atoms with Gasteiger partial charge in [-0.1, -0.05) is 28.9 Å². The van der Waals surface area contributed by atoms with E-state index in [1.165, 1.54) is 11.1 Å². The number of methoxy groups -OCH3 is 1. The van der Waals surface area contributed by atoms with Crippen LogP contribution in [0.3, 0.4) is 0 Å². The summed E-state index contributed by atoms with van der Waals surface area (Å²) in [5, 5.41) is 3.54. The molecule has 0 aliphatic heterocycles. The number of nitrogens with one attached hydrogen (secondary N) is 1. The van der Waals surface area contributed by atoms with E-state index in [1.54, 1.807) is 19.5 Å². The van der Waals surface area contributed by atoms with Gasteiger partial charge in [0.05, 0.1) is 13.2 Å². The molecule has 0 saturated carbocycles. The minimum Gasteiger partial charge on any atom is -0.480 e. The highest BCUT2D eigenvalue weighted by molar-refractivity contribution is 9.10. The monoisotopic (exact) mass is 349 g/mol. The van der Waals surface area contributed by atoms with Crippen molar-refractivity contribution in [1.29, 1.82) is 0 Å². The molecule has 0 aliphatic rings. The first-order valence-electron chi connectivity index (χ1n) is 7.01. The molecule has 0 fully saturated rings. The van der Waals surface area contributed by atoms with E-state index in [0.717, 1.165) is 23.1 Å². The van der Waals surface area contributed by atoms with Gasteiger partial charge in [0, 0.05) is 16.9 Å². The molecule has 1 aromatic carbocycles. The number of hydrogen-bond donors (Lipinski definition) is 1. The van der Waals surface area contributed by atoms with Crippen molar-refractivity contribution in [2.45, 2.75) is 26.3 Å². The van der Waals surface area contributed by atoms with Crippen molar-refractivity contribution in [2.75, 3.05) is 13.7 Å². The molecule has 0 amide bonds. The Morgan fingerprint density at radius 1 is 1.29 bits per heavy atom. The van der Waals surface area contributed by atoms with Crippen molar-refractivity contribution in [3.05, 3.63) is 51.9 Å². The molecule has 2 rings (SSSR count). The third-order valence-corrected chi connectivity index (χ3v) is 3.79. The minimum atomic E-state index is -0.0262. The van der Waals surface area contributed by atoms with E-state index in [0.29, 0.717) is 5.88 Å². The normalized spacial score (nSPS) is 12.2. The summed E-state index contributed by atoms with van der Waals surface area (Å²) in [6.45, 7) is 5.15. The summed E-state index contributed by atoms with van der Waals surface area (Å²) in [7, 11) is 1.62. The molecule has 21 heavy (non-hydrogen) atoms. The summed E-state index contributed by atoms with van der Waals surface area (Å²) in [5.74, 6) is 0.563. The van der Waals surface area contributed by atoms with Gasteiger partial charge in [-0.15, -0.1) is 0 Å². The van der Waals surface area contributed by atoms with Crippen molar-refractivity contribution in [3.8, 4) is 5.88 Å². The van der Waals surface area contributed by atoms with E-state index in [4.69, 9.17) is 4.74 Å². The average Bonchev–Trinajstić information content (AvgIpc) is 2.49. The van der Waals surface area contributed by atoms with E-state index < -0.39 is 0 Å². The summed E-state index contributed by atoms with van der Waals surface area (Å²) in [6.07, 6.45) is 4.40.